The van der Waals surface area contributed by atoms with E-state index < -0.39 is 22.4 Å². The Hall–Kier alpha value is -0.980. The Morgan fingerprint density at radius 1 is 1.14 bits per heavy atom. The zero-order chi connectivity index (χ0) is 15.7. The van der Waals surface area contributed by atoms with Crippen molar-refractivity contribution in [3.8, 4) is 0 Å². The average Bonchev–Trinajstić information content (AvgIpc) is 2.46. The minimum Gasteiger partial charge on any atom is -0.392 e. The van der Waals surface area contributed by atoms with Crippen LogP contribution in [0, 0.1) is 5.82 Å². The second-order valence-corrected chi connectivity index (χ2v) is 6.84. The van der Waals surface area contributed by atoms with Crippen molar-refractivity contribution in [2.45, 2.75) is 57.0 Å². The molecule has 2 N–H and O–H groups in total. The van der Waals surface area contributed by atoms with Gasteiger partial charge in [-0.3, -0.25) is 0 Å². The molecule has 120 valence electrons. The Balaban J connectivity index is 2.46. The Morgan fingerprint density at radius 2 is 1.81 bits per heavy atom. The number of hydrogen-bond acceptors (Lipinski definition) is 3. The number of aliphatic hydroxyl groups is 1. The van der Waals surface area contributed by atoms with Crippen molar-refractivity contribution in [3.63, 3.8) is 0 Å². The third kappa shape index (κ3) is 6.11. The average molecular weight is 317 g/mol. The van der Waals surface area contributed by atoms with E-state index in [0.29, 0.717) is 6.54 Å². The highest BCUT2D eigenvalue weighted by Gasteiger charge is 2.15. The summed E-state index contributed by atoms with van der Waals surface area (Å²) in [6, 6.07) is 3.43. The monoisotopic (exact) mass is 317 g/mol. The third-order valence-corrected chi connectivity index (χ3v) is 4.78. The number of halogens is 1. The molecule has 1 aromatic carbocycles. The van der Waals surface area contributed by atoms with Crippen LogP contribution >= 0.6 is 0 Å². The Labute approximate surface area is 126 Å². The van der Waals surface area contributed by atoms with Crippen molar-refractivity contribution >= 4 is 10.0 Å². The van der Waals surface area contributed by atoms with E-state index in [4.69, 9.17) is 5.11 Å². The fourth-order valence-electron chi connectivity index (χ4n) is 2.03. The van der Waals surface area contributed by atoms with E-state index in [9.17, 15) is 12.8 Å². The number of aliphatic hydroxyl groups excluding tert-OH is 1. The molecule has 0 aromatic heterocycles. The molecule has 0 unspecified atom stereocenters. The first-order valence-electron chi connectivity index (χ1n) is 7.40. The lowest BCUT2D eigenvalue weighted by molar-refractivity contribution is 0.275. The van der Waals surface area contributed by atoms with Gasteiger partial charge in [0.15, 0.2) is 0 Å². The topological polar surface area (TPSA) is 66.4 Å². The van der Waals surface area contributed by atoms with Crippen LogP contribution in [0.4, 0.5) is 4.39 Å². The van der Waals surface area contributed by atoms with E-state index in [1.54, 1.807) is 0 Å². The van der Waals surface area contributed by atoms with E-state index in [2.05, 4.69) is 11.6 Å². The van der Waals surface area contributed by atoms with Crippen molar-refractivity contribution in [2.75, 3.05) is 6.54 Å². The number of unbranched alkanes of at least 4 members (excludes halogenated alkanes) is 5. The molecule has 0 aliphatic rings. The second kappa shape index (κ2) is 9.12. The van der Waals surface area contributed by atoms with Crippen LogP contribution in [0.3, 0.4) is 0 Å². The smallest absolute Gasteiger partial charge is 0.240 e. The predicted octanol–water partition coefficient (Wildman–Crippen LogP) is 2.96. The Morgan fingerprint density at radius 3 is 2.48 bits per heavy atom. The first kappa shape index (κ1) is 18.1. The molecule has 0 aliphatic carbocycles. The number of rotatable bonds is 10. The molecule has 0 bridgehead atoms. The summed E-state index contributed by atoms with van der Waals surface area (Å²) in [5.74, 6) is -0.604. The maximum atomic E-state index is 13.2. The maximum Gasteiger partial charge on any atom is 0.240 e. The van der Waals surface area contributed by atoms with E-state index in [0.717, 1.165) is 25.3 Å². The second-order valence-electron chi connectivity index (χ2n) is 5.08. The van der Waals surface area contributed by atoms with Crippen molar-refractivity contribution in [3.05, 3.63) is 29.6 Å². The lowest BCUT2D eigenvalue weighted by atomic mass is 10.1. The summed E-state index contributed by atoms with van der Waals surface area (Å²) >= 11 is 0. The van der Waals surface area contributed by atoms with Gasteiger partial charge in [0.25, 0.3) is 0 Å². The molecular formula is C15H24FNO3S. The summed E-state index contributed by atoms with van der Waals surface area (Å²) in [4.78, 5) is -0.0149. The molecule has 1 aromatic rings. The standard InChI is InChI=1S/C15H24FNO3S/c1-2-3-4-5-6-7-10-17-21(19,20)14-8-9-15(16)13(11-14)12-18/h8-9,11,17-18H,2-7,10,12H2,1H3. The lowest BCUT2D eigenvalue weighted by Gasteiger charge is -2.08. The van der Waals surface area contributed by atoms with E-state index >= 15 is 0 Å². The zero-order valence-corrected chi connectivity index (χ0v) is 13.3. The first-order chi connectivity index (χ1) is 10.0. The molecule has 6 heteroatoms. The maximum absolute atomic E-state index is 13.2. The van der Waals surface area contributed by atoms with Crippen molar-refractivity contribution in [1.82, 2.24) is 4.72 Å². The molecule has 21 heavy (non-hydrogen) atoms. The van der Waals surface area contributed by atoms with E-state index in [1.165, 1.54) is 31.4 Å². The highest BCUT2D eigenvalue weighted by Crippen LogP contribution is 2.15. The van der Waals surface area contributed by atoms with Crippen LogP contribution in [0.25, 0.3) is 0 Å². The van der Waals surface area contributed by atoms with Gasteiger partial charge in [-0.05, 0) is 24.6 Å². The summed E-state index contributed by atoms with van der Waals surface area (Å²) in [6.45, 7) is 2.00. The fourth-order valence-corrected chi connectivity index (χ4v) is 3.16. The number of benzene rings is 1. The van der Waals surface area contributed by atoms with Gasteiger partial charge in [-0.1, -0.05) is 39.0 Å². The van der Waals surface area contributed by atoms with Gasteiger partial charge in [-0.2, -0.15) is 0 Å². The molecule has 1 rings (SSSR count). The van der Waals surface area contributed by atoms with E-state index in [-0.39, 0.29) is 10.5 Å². The van der Waals surface area contributed by atoms with Gasteiger partial charge in [0.1, 0.15) is 5.82 Å². The van der Waals surface area contributed by atoms with Gasteiger partial charge in [0.2, 0.25) is 10.0 Å². The quantitative estimate of drug-likeness (QED) is 0.652. The Kier molecular flexibility index (Phi) is 7.85. The van der Waals surface area contributed by atoms with Crippen LogP contribution in [0.2, 0.25) is 0 Å². The molecule has 0 radical (unpaired) electrons. The van der Waals surface area contributed by atoms with Crippen molar-refractivity contribution < 1.29 is 17.9 Å². The van der Waals surface area contributed by atoms with Gasteiger partial charge < -0.3 is 5.11 Å². The highest BCUT2D eigenvalue weighted by molar-refractivity contribution is 7.89. The molecule has 0 saturated carbocycles. The zero-order valence-electron chi connectivity index (χ0n) is 12.4. The molecule has 0 atom stereocenters. The first-order valence-corrected chi connectivity index (χ1v) is 8.88. The predicted molar refractivity (Wildman–Crippen MR) is 80.9 cm³/mol. The summed E-state index contributed by atoms with van der Waals surface area (Å²) in [7, 11) is -3.63. The summed E-state index contributed by atoms with van der Waals surface area (Å²) in [5, 5.41) is 8.97. The van der Waals surface area contributed by atoms with Crippen molar-refractivity contribution in [1.29, 1.82) is 0 Å². The fraction of sp³-hybridized carbons (Fsp3) is 0.600. The largest absolute Gasteiger partial charge is 0.392 e. The number of nitrogens with one attached hydrogen (secondary N) is 1. The summed E-state index contributed by atoms with van der Waals surface area (Å²) in [5.41, 5.74) is -0.0163. The van der Waals surface area contributed by atoms with Gasteiger partial charge in [0, 0.05) is 12.1 Å². The SMILES string of the molecule is CCCCCCCCNS(=O)(=O)c1ccc(F)c(CO)c1. The number of sulfonamides is 1. The molecule has 4 nitrogen and oxygen atoms in total. The van der Waals surface area contributed by atoms with Crippen LogP contribution in [0.1, 0.15) is 51.0 Å². The van der Waals surface area contributed by atoms with Crippen LogP contribution in [0.15, 0.2) is 23.1 Å². The van der Waals surface area contributed by atoms with Crippen molar-refractivity contribution in [2.24, 2.45) is 0 Å². The van der Waals surface area contributed by atoms with Gasteiger partial charge in [0.05, 0.1) is 11.5 Å². The van der Waals surface area contributed by atoms with Gasteiger partial charge in [-0.15, -0.1) is 0 Å². The van der Waals surface area contributed by atoms with Crippen LogP contribution in [0.5, 0.6) is 0 Å². The highest BCUT2D eigenvalue weighted by atomic mass is 32.2. The molecular weight excluding hydrogens is 293 g/mol. The minimum atomic E-state index is -3.63. The van der Waals surface area contributed by atoms with Crippen LogP contribution in [-0.4, -0.2) is 20.1 Å². The minimum absolute atomic E-state index is 0.0149. The normalized spacial score (nSPS) is 11.8. The van der Waals surface area contributed by atoms with Gasteiger partial charge in [-0.25, -0.2) is 17.5 Å². The molecule has 0 heterocycles. The molecule has 0 spiro atoms. The summed E-state index contributed by atoms with van der Waals surface area (Å²) < 4.78 is 39.8. The number of hydrogen-bond donors (Lipinski definition) is 2. The lowest BCUT2D eigenvalue weighted by Crippen LogP contribution is -2.25. The van der Waals surface area contributed by atoms with Crippen LogP contribution < -0.4 is 4.72 Å². The molecule has 0 amide bonds. The third-order valence-electron chi connectivity index (χ3n) is 3.32. The summed E-state index contributed by atoms with van der Waals surface area (Å²) in [6.07, 6.45) is 6.47. The molecule has 0 saturated heterocycles. The Bertz CT molecular complexity index is 532. The van der Waals surface area contributed by atoms with E-state index in [1.807, 2.05) is 0 Å². The molecule has 0 fully saturated rings. The molecule has 0 aliphatic heterocycles. The van der Waals surface area contributed by atoms with Crippen LogP contribution in [-0.2, 0) is 16.6 Å². The van der Waals surface area contributed by atoms with Gasteiger partial charge >= 0.3 is 0 Å².